The maximum atomic E-state index is 5.93. The molecular weight excluding hydrogens is 246 g/mol. The average Bonchev–Trinajstić information content (AvgIpc) is 2.46. The van der Waals surface area contributed by atoms with E-state index in [1.165, 1.54) is 16.8 Å². The highest BCUT2D eigenvalue weighted by molar-refractivity contribution is 5.53. The summed E-state index contributed by atoms with van der Waals surface area (Å²) in [4.78, 5) is 6.35. The number of hydrogen-bond donors (Lipinski definition) is 1. The highest BCUT2D eigenvalue weighted by atomic mass is 15.1. The summed E-state index contributed by atoms with van der Waals surface area (Å²) in [5.74, 6) is 0. The summed E-state index contributed by atoms with van der Waals surface area (Å²) >= 11 is 0. The van der Waals surface area contributed by atoms with Gasteiger partial charge in [0.25, 0.3) is 0 Å². The standard InChI is InChI=1S/C17H23N3/c1-14(18)13-16-5-3-4-6-17(16)20(2)12-9-15-7-10-19-11-8-15/h3-8,10-11,14H,9,12-13,18H2,1-2H3. The predicted molar refractivity (Wildman–Crippen MR) is 85.0 cm³/mol. The number of aromatic nitrogens is 1. The summed E-state index contributed by atoms with van der Waals surface area (Å²) in [6.45, 7) is 3.04. The van der Waals surface area contributed by atoms with Crippen LogP contribution in [0, 0.1) is 0 Å². The van der Waals surface area contributed by atoms with Gasteiger partial charge in [-0.15, -0.1) is 0 Å². The van der Waals surface area contributed by atoms with Gasteiger partial charge in [-0.05, 0) is 49.1 Å². The fraction of sp³-hybridized carbons (Fsp3) is 0.353. The molecule has 1 atom stereocenters. The first-order valence-electron chi connectivity index (χ1n) is 7.10. The smallest absolute Gasteiger partial charge is 0.0396 e. The molecule has 0 aliphatic rings. The Hall–Kier alpha value is -1.87. The van der Waals surface area contributed by atoms with Crippen molar-refractivity contribution in [1.82, 2.24) is 4.98 Å². The zero-order chi connectivity index (χ0) is 14.4. The van der Waals surface area contributed by atoms with Crippen LogP contribution in [0.4, 0.5) is 5.69 Å². The lowest BCUT2D eigenvalue weighted by Gasteiger charge is -2.23. The number of benzene rings is 1. The van der Waals surface area contributed by atoms with Crippen LogP contribution in [-0.4, -0.2) is 24.6 Å². The minimum Gasteiger partial charge on any atom is -0.374 e. The molecule has 0 saturated carbocycles. The predicted octanol–water partition coefficient (Wildman–Crippen LogP) is 2.65. The van der Waals surface area contributed by atoms with Crippen molar-refractivity contribution in [1.29, 1.82) is 0 Å². The van der Waals surface area contributed by atoms with Crippen LogP contribution in [0.2, 0.25) is 0 Å². The second-order valence-electron chi connectivity index (χ2n) is 5.34. The summed E-state index contributed by atoms with van der Waals surface area (Å²) in [5.41, 5.74) is 9.85. The number of anilines is 1. The number of nitrogens with two attached hydrogens (primary N) is 1. The SMILES string of the molecule is CC(N)Cc1ccccc1N(C)CCc1ccncc1. The van der Waals surface area contributed by atoms with Crippen molar-refractivity contribution in [3.8, 4) is 0 Å². The van der Waals surface area contributed by atoms with E-state index >= 15 is 0 Å². The third-order valence-electron chi connectivity index (χ3n) is 3.43. The van der Waals surface area contributed by atoms with Gasteiger partial charge in [0.2, 0.25) is 0 Å². The lowest BCUT2D eigenvalue weighted by atomic mass is 10.0. The van der Waals surface area contributed by atoms with Crippen LogP contribution < -0.4 is 10.6 Å². The molecule has 0 spiro atoms. The summed E-state index contributed by atoms with van der Waals surface area (Å²) in [7, 11) is 2.14. The number of likely N-dealkylation sites (N-methyl/N-ethyl adjacent to an activating group) is 1. The fourth-order valence-electron chi connectivity index (χ4n) is 2.37. The molecule has 3 heteroatoms. The van der Waals surface area contributed by atoms with Gasteiger partial charge in [-0.1, -0.05) is 18.2 Å². The van der Waals surface area contributed by atoms with E-state index < -0.39 is 0 Å². The van der Waals surface area contributed by atoms with E-state index in [1.807, 2.05) is 19.3 Å². The molecule has 2 aromatic rings. The Morgan fingerprint density at radius 1 is 1.15 bits per heavy atom. The molecule has 1 unspecified atom stereocenters. The monoisotopic (exact) mass is 269 g/mol. The van der Waals surface area contributed by atoms with Crippen LogP contribution in [0.1, 0.15) is 18.1 Å². The Morgan fingerprint density at radius 3 is 2.55 bits per heavy atom. The maximum absolute atomic E-state index is 5.93. The molecule has 20 heavy (non-hydrogen) atoms. The van der Waals surface area contributed by atoms with Crippen molar-refractivity contribution in [2.24, 2.45) is 5.73 Å². The van der Waals surface area contributed by atoms with Crippen LogP contribution in [0.3, 0.4) is 0 Å². The Morgan fingerprint density at radius 2 is 1.85 bits per heavy atom. The Balaban J connectivity index is 2.03. The molecule has 1 aromatic carbocycles. The summed E-state index contributed by atoms with van der Waals surface area (Å²) in [6.07, 6.45) is 5.63. The van der Waals surface area contributed by atoms with Gasteiger partial charge in [-0.2, -0.15) is 0 Å². The van der Waals surface area contributed by atoms with Gasteiger partial charge >= 0.3 is 0 Å². The molecule has 106 valence electrons. The summed E-state index contributed by atoms with van der Waals surface area (Å²) in [5, 5.41) is 0. The molecule has 0 amide bonds. The molecule has 2 N–H and O–H groups in total. The van der Waals surface area contributed by atoms with Crippen LogP contribution in [0.15, 0.2) is 48.8 Å². The lowest BCUT2D eigenvalue weighted by Crippen LogP contribution is -2.24. The summed E-state index contributed by atoms with van der Waals surface area (Å²) < 4.78 is 0. The average molecular weight is 269 g/mol. The third-order valence-corrected chi connectivity index (χ3v) is 3.43. The first kappa shape index (κ1) is 14.5. The normalized spacial score (nSPS) is 12.2. The molecule has 1 aromatic heterocycles. The van der Waals surface area contributed by atoms with E-state index in [9.17, 15) is 0 Å². The molecule has 3 nitrogen and oxygen atoms in total. The van der Waals surface area contributed by atoms with E-state index in [0.29, 0.717) is 0 Å². The minimum atomic E-state index is 0.185. The van der Waals surface area contributed by atoms with Crippen LogP contribution in [0.25, 0.3) is 0 Å². The first-order chi connectivity index (χ1) is 9.66. The molecular formula is C17H23N3. The van der Waals surface area contributed by atoms with Crippen molar-refractivity contribution >= 4 is 5.69 Å². The van der Waals surface area contributed by atoms with Gasteiger partial charge < -0.3 is 10.6 Å². The van der Waals surface area contributed by atoms with Crippen molar-refractivity contribution in [3.63, 3.8) is 0 Å². The number of rotatable bonds is 6. The van der Waals surface area contributed by atoms with Crippen LogP contribution in [-0.2, 0) is 12.8 Å². The molecule has 0 saturated heterocycles. The molecule has 0 aliphatic carbocycles. The van der Waals surface area contributed by atoms with Crippen molar-refractivity contribution < 1.29 is 0 Å². The molecule has 0 aliphatic heterocycles. The summed E-state index contributed by atoms with van der Waals surface area (Å²) in [6, 6.07) is 12.8. The van der Waals surface area contributed by atoms with Gasteiger partial charge in [-0.25, -0.2) is 0 Å². The van der Waals surface area contributed by atoms with E-state index in [1.54, 1.807) is 0 Å². The highest BCUT2D eigenvalue weighted by Crippen LogP contribution is 2.20. The Labute approximate surface area is 121 Å². The molecule has 0 radical (unpaired) electrons. The van der Waals surface area contributed by atoms with Gasteiger partial charge in [0.15, 0.2) is 0 Å². The number of hydrogen-bond acceptors (Lipinski definition) is 3. The second kappa shape index (κ2) is 7.06. The molecule has 2 rings (SSSR count). The number of pyridine rings is 1. The first-order valence-corrected chi connectivity index (χ1v) is 7.10. The quantitative estimate of drug-likeness (QED) is 0.876. The van der Waals surface area contributed by atoms with Gasteiger partial charge in [0, 0.05) is 37.7 Å². The zero-order valence-electron chi connectivity index (χ0n) is 12.3. The second-order valence-corrected chi connectivity index (χ2v) is 5.34. The highest BCUT2D eigenvalue weighted by Gasteiger charge is 2.08. The molecule has 1 heterocycles. The minimum absolute atomic E-state index is 0.185. The molecule has 0 bridgehead atoms. The Kier molecular flexibility index (Phi) is 5.13. The van der Waals surface area contributed by atoms with Gasteiger partial charge in [0.1, 0.15) is 0 Å². The maximum Gasteiger partial charge on any atom is 0.0396 e. The topological polar surface area (TPSA) is 42.1 Å². The number of nitrogens with zero attached hydrogens (tertiary/aromatic N) is 2. The van der Waals surface area contributed by atoms with E-state index in [-0.39, 0.29) is 6.04 Å². The molecule has 0 fully saturated rings. The van der Waals surface area contributed by atoms with Crippen molar-refractivity contribution in [2.45, 2.75) is 25.8 Å². The van der Waals surface area contributed by atoms with Gasteiger partial charge in [-0.3, -0.25) is 4.98 Å². The van der Waals surface area contributed by atoms with Crippen molar-refractivity contribution in [3.05, 3.63) is 59.9 Å². The van der Waals surface area contributed by atoms with Crippen molar-refractivity contribution in [2.75, 3.05) is 18.5 Å². The zero-order valence-corrected chi connectivity index (χ0v) is 12.3. The fourth-order valence-corrected chi connectivity index (χ4v) is 2.37. The third kappa shape index (κ3) is 4.07. The number of para-hydroxylation sites is 1. The van der Waals surface area contributed by atoms with Crippen LogP contribution in [0.5, 0.6) is 0 Å². The van der Waals surface area contributed by atoms with E-state index in [4.69, 9.17) is 5.73 Å². The van der Waals surface area contributed by atoms with E-state index in [0.717, 1.165) is 19.4 Å². The van der Waals surface area contributed by atoms with E-state index in [2.05, 4.69) is 53.3 Å². The largest absolute Gasteiger partial charge is 0.374 e. The lowest BCUT2D eigenvalue weighted by molar-refractivity contribution is 0.733. The van der Waals surface area contributed by atoms with Gasteiger partial charge in [0.05, 0.1) is 0 Å². The Bertz CT molecular complexity index is 523. The van der Waals surface area contributed by atoms with Crippen LogP contribution >= 0.6 is 0 Å².